The van der Waals surface area contributed by atoms with Crippen LogP contribution in [0.15, 0.2) is 12.1 Å². The number of hydrogen-bond acceptors (Lipinski definition) is 6. The van der Waals surface area contributed by atoms with Crippen molar-refractivity contribution in [1.29, 1.82) is 5.26 Å². The van der Waals surface area contributed by atoms with Gasteiger partial charge in [0.05, 0.1) is 22.0 Å². The first-order chi connectivity index (χ1) is 7.97. The average Bonchev–Trinajstić information content (AvgIpc) is 2.25. The maximum atomic E-state index is 13.2. The first kappa shape index (κ1) is 12.3. The van der Waals surface area contributed by atoms with E-state index in [1.807, 2.05) is 0 Å². The summed E-state index contributed by atoms with van der Waals surface area (Å²) in [5.41, 5.74) is -1.92. The Morgan fingerprint density at radius 3 is 2.35 bits per heavy atom. The maximum absolute atomic E-state index is 13.2. The zero-order valence-corrected chi connectivity index (χ0v) is 8.21. The number of nitro groups is 2. The minimum atomic E-state index is -1.21. The molecule has 0 spiro atoms. The number of rotatable bonds is 4. The monoisotopic (exact) mass is 240 g/mol. The van der Waals surface area contributed by atoms with Crippen molar-refractivity contribution < 1.29 is 14.2 Å². The van der Waals surface area contributed by atoms with Crippen molar-refractivity contribution in [1.82, 2.24) is 0 Å². The van der Waals surface area contributed by atoms with Gasteiger partial charge in [-0.3, -0.25) is 20.2 Å². The second-order valence-corrected chi connectivity index (χ2v) is 2.85. The van der Waals surface area contributed by atoms with E-state index in [1.54, 1.807) is 6.07 Å². The van der Waals surface area contributed by atoms with E-state index in [0.717, 1.165) is 0 Å². The number of nitrogens with one attached hydrogen (secondary N) is 1. The van der Waals surface area contributed by atoms with E-state index >= 15 is 0 Å². The highest BCUT2D eigenvalue weighted by atomic mass is 19.1. The number of anilines is 1. The molecular weight excluding hydrogens is 235 g/mol. The number of hydrogen-bond donors (Lipinski definition) is 1. The summed E-state index contributed by atoms with van der Waals surface area (Å²) in [4.78, 5) is 19.0. The fourth-order valence-corrected chi connectivity index (χ4v) is 1.12. The molecule has 0 amide bonds. The van der Waals surface area contributed by atoms with Crippen molar-refractivity contribution in [2.24, 2.45) is 0 Å². The third-order valence-corrected chi connectivity index (χ3v) is 1.82. The van der Waals surface area contributed by atoms with Gasteiger partial charge in [-0.15, -0.1) is 0 Å². The van der Waals surface area contributed by atoms with Crippen molar-refractivity contribution in [3.63, 3.8) is 0 Å². The second kappa shape index (κ2) is 4.84. The lowest BCUT2D eigenvalue weighted by atomic mass is 10.2. The molecule has 0 saturated heterocycles. The SMILES string of the molecule is N#CCNc1cc(F)c([N+](=O)[O-])cc1[N+](=O)[O-]. The van der Waals surface area contributed by atoms with Crippen LogP contribution in [0.1, 0.15) is 0 Å². The first-order valence-electron chi connectivity index (χ1n) is 4.20. The highest BCUT2D eigenvalue weighted by Crippen LogP contribution is 2.31. The largest absolute Gasteiger partial charge is 0.367 e. The molecule has 0 aromatic heterocycles. The lowest BCUT2D eigenvalue weighted by Crippen LogP contribution is -2.04. The Balaban J connectivity index is 3.31. The number of nitriles is 1. The molecule has 0 saturated carbocycles. The highest BCUT2D eigenvalue weighted by Gasteiger charge is 2.24. The Hall–Kier alpha value is -2.76. The third-order valence-electron chi connectivity index (χ3n) is 1.82. The van der Waals surface area contributed by atoms with Crippen LogP contribution in [0.5, 0.6) is 0 Å². The summed E-state index contributed by atoms with van der Waals surface area (Å²) in [5.74, 6) is -1.21. The number of nitro benzene ring substituents is 2. The second-order valence-electron chi connectivity index (χ2n) is 2.85. The topological polar surface area (TPSA) is 122 Å². The van der Waals surface area contributed by atoms with Crippen molar-refractivity contribution in [2.75, 3.05) is 11.9 Å². The Labute approximate surface area is 93.6 Å². The summed E-state index contributed by atoms with van der Waals surface area (Å²) < 4.78 is 13.2. The van der Waals surface area contributed by atoms with Gasteiger partial charge in [0.15, 0.2) is 0 Å². The molecule has 0 aliphatic rings. The standard InChI is InChI=1S/C8H5FN4O4/c9-5-3-6(11-2-1-10)8(13(16)17)4-7(5)12(14)15/h3-4,11H,2H2. The molecule has 1 aromatic carbocycles. The van der Waals surface area contributed by atoms with Gasteiger partial charge in [0.1, 0.15) is 12.2 Å². The van der Waals surface area contributed by atoms with Crippen molar-refractivity contribution in [3.05, 3.63) is 38.2 Å². The molecule has 1 rings (SSSR count). The van der Waals surface area contributed by atoms with Gasteiger partial charge in [-0.25, -0.2) is 0 Å². The molecule has 0 heterocycles. The minimum absolute atomic E-state index is 0.278. The van der Waals surface area contributed by atoms with E-state index in [4.69, 9.17) is 5.26 Å². The predicted molar refractivity (Wildman–Crippen MR) is 53.8 cm³/mol. The molecular formula is C8H5FN4O4. The molecule has 17 heavy (non-hydrogen) atoms. The van der Waals surface area contributed by atoms with E-state index in [2.05, 4.69) is 5.32 Å². The van der Waals surface area contributed by atoms with E-state index in [0.29, 0.717) is 12.1 Å². The van der Waals surface area contributed by atoms with E-state index in [-0.39, 0.29) is 12.2 Å². The molecule has 8 nitrogen and oxygen atoms in total. The highest BCUT2D eigenvalue weighted by molar-refractivity contribution is 5.66. The normalized spacial score (nSPS) is 9.41. The quantitative estimate of drug-likeness (QED) is 0.484. The van der Waals surface area contributed by atoms with Gasteiger partial charge in [0, 0.05) is 6.07 Å². The maximum Gasteiger partial charge on any atom is 0.311 e. The summed E-state index contributed by atoms with van der Waals surface area (Å²) in [7, 11) is 0. The van der Waals surface area contributed by atoms with Crippen LogP contribution in [0.25, 0.3) is 0 Å². The molecule has 88 valence electrons. The van der Waals surface area contributed by atoms with Crippen LogP contribution in [0.2, 0.25) is 0 Å². The summed E-state index contributed by atoms with van der Waals surface area (Å²) in [6.07, 6.45) is 0. The van der Waals surface area contributed by atoms with E-state index in [1.165, 1.54) is 0 Å². The molecule has 0 unspecified atom stereocenters. The minimum Gasteiger partial charge on any atom is -0.367 e. The molecule has 0 radical (unpaired) electrons. The lowest BCUT2D eigenvalue weighted by molar-refractivity contribution is -0.395. The number of benzene rings is 1. The smallest absolute Gasteiger partial charge is 0.311 e. The Morgan fingerprint density at radius 2 is 1.88 bits per heavy atom. The van der Waals surface area contributed by atoms with Gasteiger partial charge in [0.25, 0.3) is 5.69 Å². The first-order valence-corrected chi connectivity index (χ1v) is 4.20. The fourth-order valence-electron chi connectivity index (χ4n) is 1.12. The number of halogens is 1. The molecule has 0 aliphatic heterocycles. The van der Waals surface area contributed by atoms with Gasteiger partial charge in [-0.2, -0.15) is 9.65 Å². The van der Waals surface area contributed by atoms with Crippen molar-refractivity contribution >= 4 is 17.1 Å². The number of nitrogens with zero attached hydrogens (tertiary/aromatic N) is 3. The van der Waals surface area contributed by atoms with Gasteiger partial charge in [-0.05, 0) is 0 Å². The molecule has 1 N–H and O–H groups in total. The molecule has 9 heteroatoms. The van der Waals surface area contributed by atoms with Crippen LogP contribution in [-0.2, 0) is 0 Å². The van der Waals surface area contributed by atoms with Crippen molar-refractivity contribution in [2.45, 2.75) is 0 Å². The lowest BCUT2D eigenvalue weighted by Gasteiger charge is -2.03. The van der Waals surface area contributed by atoms with Crippen LogP contribution in [0.4, 0.5) is 21.5 Å². The summed E-state index contributed by atoms with van der Waals surface area (Å²) in [6.45, 7) is -0.280. The van der Waals surface area contributed by atoms with Crippen LogP contribution in [0, 0.1) is 37.4 Å². The summed E-state index contributed by atoms with van der Waals surface area (Å²) in [6, 6.07) is 2.78. The van der Waals surface area contributed by atoms with Gasteiger partial charge in [0.2, 0.25) is 5.82 Å². The third kappa shape index (κ3) is 2.63. The van der Waals surface area contributed by atoms with Gasteiger partial charge in [-0.1, -0.05) is 0 Å². The predicted octanol–water partition coefficient (Wildman–Crippen LogP) is 1.58. The summed E-state index contributed by atoms with van der Waals surface area (Å²) in [5, 5.41) is 31.6. The van der Waals surface area contributed by atoms with Crippen LogP contribution in [-0.4, -0.2) is 16.4 Å². The van der Waals surface area contributed by atoms with Crippen LogP contribution < -0.4 is 5.32 Å². The fraction of sp³-hybridized carbons (Fsp3) is 0.125. The van der Waals surface area contributed by atoms with Crippen LogP contribution >= 0.6 is 0 Å². The molecule has 0 fully saturated rings. The Bertz CT molecular complexity index is 525. The molecule has 0 bridgehead atoms. The van der Waals surface area contributed by atoms with E-state index in [9.17, 15) is 24.6 Å². The Morgan fingerprint density at radius 1 is 1.29 bits per heavy atom. The Kier molecular flexibility index (Phi) is 3.51. The average molecular weight is 240 g/mol. The molecule has 0 atom stereocenters. The van der Waals surface area contributed by atoms with Crippen LogP contribution in [0.3, 0.4) is 0 Å². The zero-order valence-electron chi connectivity index (χ0n) is 8.21. The molecule has 1 aromatic rings. The van der Waals surface area contributed by atoms with Gasteiger partial charge >= 0.3 is 5.69 Å². The van der Waals surface area contributed by atoms with E-state index < -0.39 is 27.0 Å². The van der Waals surface area contributed by atoms with Gasteiger partial charge < -0.3 is 5.32 Å². The summed E-state index contributed by atoms with van der Waals surface area (Å²) >= 11 is 0. The zero-order chi connectivity index (χ0) is 13.0. The molecule has 0 aliphatic carbocycles. The van der Waals surface area contributed by atoms with Crippen molar-refractivity contribution in [3.8, 4) is 6.07 Å².